The van der Waals surface area contributed by atoms with Gasteiger partial charge >= 0.3 is 0 Å². The second kappa shape index (κ2) is 5.65. The highest BCUT2D eigenvalue weighted by atomic mass is 16.5. The molecule has 0 spiro atoms. The minimum Gasteiger partial charge on any atom is -0.397 e. The molecule has 0 bridgehead atoms. The third kappa shape index (κ3) is 3.29. The Kier molecular flexibility index (Phi) is 4.14. The minimum absolute atomic E-state index is 0.0712. The molecule has 1 aromatic heterocycles. The smallest absolute Gasteiger partial charge is 0.268 e. The van der Waals surface area contributed by atoms with E-state index in [0.29, 0.717) is 18.0 Å². The molecule has 19 heavy (non-hydrogen) atoms. The zero-order chi connectivity index (χ0) is 13.9. The highest BCUT2D eigenvalue weighted by molar-refractivity contribution is 5.94. The van der Waals surface area contributed by atoms with Gasteiger partial charge in [-0.25, -0.2) is 0 Å². The van der Waals surface area contributed by atoms with Crippen molar-refractivity contribution in [1.82, 2.24) is 9.88 Å². The summed E-state index contributed by atoms with van der Waals surface area (Å²) in [6.45, 7) is 6.26. The third-order valence-corrected chi connectivity index (χ3v) is 3.47. The van der Waals surface area contributed by atoms with E-state index in [-0.39, 0.29) is 11.4 Å². The number of carbonyl (C=O) groups excluding carboxylic acids is 1. The quantitative estimate of drug-likeness (QED) is 0.872. The maximum Gasteiger partial charge on any atom is 0.268 e. The Morgan fingerprint density at radius 2 is 2.42 bits per heavy atom. The normalized spacial score (nSPS) is 23.3. The van der Waals surface area contributed by atoms with Crippen molar-refractivity contribution in [1.29, 1.82) is 0 Å². The van der Waals surface area contributed by atoms with E-state index >= 15 is 0 Å². The van der Waals surface area contributed by atoms with Crippen LogP contribution in [-0.4, -0.2) is 29.2 Å². The van der Waals surface area contributed by atoms with Gasteiger partial charge in [0, 0.05) is 19.3 Å². The number of nitrogens with two attached hydrogens (primary N) is 1. The molecule has 1 aliphatic rings. The summed E-state index contributed by atoms with van der Waals surface area (Å²) in [5.41, 5.74) is 6.77. The van der Waals surface area contributed by atoms with Crippen LogP contribution >= 0.6 is 0 Å². The molecule has 2 rings (SSSR count). The van der Waals surface area contributed by atoms with Crippen molar-refractivity contribution < 1.29 is 9.53 Å². The van der Waals surface area contributed by atoms with Crippen molar-refractivity contribution in [3.8, 4) is 0 Å². The van der Waals surface area contributed by atoms with Crippen molar-refractivity contribution in [2.24, 2.45) is 0 Å². The summed E-state index contributed by atoms with van der Waals surface area (Å²) in [7, 11) is 0. The molecule has 1 amide bonds. The van der Waals surface area contributed by atoms with E-state index in [1.54, 1.807) is 6.07 Å². The fraction of sp³-hybridized carbons (Fsp3) is 0.643. The van der Waals surface area contributed by atoms with Crippen LogP contribution in [-0.2, 0) is 11.3 Å². The molecule has 5 nitrogen and oxygen atoms in total. The first kappa shape index (κ1) is 13.9. The van der Waals surface area contributed by atoms with Crippen LogP contribution < -0.4 is 11.1 Å². The molecule has 0 aliphatic carbocycles. The van der Waals surface area contributed by atoms with Gasteiger partial charge < -0.3 is 20.4 Å². The third-order valence-electron chi connectivity index (χ3n) is 3.47. The number of carbonyl (C=O) groups is 1. The molecule has 0 saturated carbocycles. The van der Waals surface area contributed by atoms with E-state index in [1.165, 1.54) is 0 Å². The summed E-state index contributed by atoms with van der Waals surface area (Å²) in [6.07, 6.45) is 4.71. The summed E-state index contributed by atoms with van der Waals surface area (Å²) in [4.78, 5) is 12.4. The van der Waals surface area contributed by atoms with Gasteiger partial charge in [-0.2, -0.15) is 0 Å². The monoisotopic (exact) mass is 265 g/mol. The molecule has 106 valence electrons. The predicted molar refractivity (Wildman–Crippen MR) is 75.1 cm³/mol. The molecule has 1 atom stereocenters. The molecule has 1 unspecified atom stereocenters. The van der Waals surface area contributed by atoms with Crippen LogP contribution in [0.1, 0.15) is 43.6 Å². The second-order valence-corrected chi connectivity index (χ2v) is 5.52. The molecule has 1 saturated heterocycles. The number of aromatic nitrogens is 1. The lowest BCUT2D eigenvalue weighted by molar-refractivity contribution is 0.0270. The minimum atomic E-state index is -0.272. The van der Waals surface area contributed by atoms with Gasteiger partial charge in [-0.3, -0.25) is 4.79 Å². The van der Waals surface area contributed by atoms with Crippen LogP contribution in [0.4, 0.5) is 5.69 Å². The van der Waals surface area contributed by atoms with Crippen molar-refractivity contribution in [3.63, 3.8) is 0 Å². The molecular weight excluding hydrogens is 242 g/mol. The van der Waals surface area contributed by atoms with Crippen molar-refractivity contribution >= 4 is 11.6 Å². The molecular formula is C14H23N3O2. The standard InChI is InChI=1S/C14H23N3O2/c1-3-6-17-9-11(15)8-12(17)13(18)16-14(2)5-4-7-19-10-14/h8-9H,3-7,10,15H2,1-2H3,(H,16,18). The highest BCUT2D eigenvalue weighted by Crippen LogP contribution is 2.20. The summed E-state index contributed by atoms with van der Waals surface area (Å²) >= 11 is 0. The number of hydrogen-bond acceptors (Lipinski definition) is 3. The number of nitrogens with zero attached hydrogens (tertiary/aromatic N) is 1. The second-order valence-electron chi connectivity index (χ2n) is 5.52. The fourth-order valence-electron chi connectivity index (χ4n) is 2.52. The summed E-state index contributed by atoms with van der Waals surface area (Å²) < 4.78 is 7.37. The topological polar surface area (TPSA) is 69.3 Å². The summed E-state index contributed by atoms with van der Waals surface area (Å²) in [5.74, 6) is -0.0712. The van der Waals surface area contributed by atoms with Gasteiger partial charge in [-0.15, -0.1) is 0 Å². The molecule has 1 aliphatic heterocycles. The van der Waals surface area contributed by atoms with Crippen LogP contribution in [0.5, 0.6) is 0 Å². The molecule has 0 aromatic carbocycles. The van der Waals surface area contributed by atoms with Crippen LogP contribution in [0.15, 0.2) is 12.3 Å². The number of rotatable bonds is 4. The Balaban J connectivity index is 2.10. The fourth-order valence-corrected chi connectivity index (χ4v) is 2.52. The largest absolute Gasteiger partial charge is 0.397 e. The average Bonchev–Trinajstić information content (AvgIpc) is 2.71. The lowest BCUT2D eigenvalue weighted by Gasteiger charge is -2.34. The SMILES string of the molecule is CCCn1cc(N)cc1C(=O)NC1(C)CCCOC1. The van der Waals surface area contributed by atoms with E-state index in [2.05, 4.69) is 12.2 Å². The number of ether oxygens (including phenoxy) is 1. The lowest BCUT2D eigenvalue weighted by Crippen LogP contribution is -2.51. The maximum atomic E-state index is 12.4. The molecule has 1 aromatic rings. The van der Waals surface area contributed by atoms with Gasteiger partial charge in [0.2, 0.25) is 0 Å². The Morgan fingerprint density at radius 1 is 1.63 bits per heavy atom. The summed E-state index contributed by atoms with van der Waals surface area (Å²) in [5, 5.41) is 3.08. The van der Waals surface area contributed by atoms with E-state index in [0.717, 1.165) is 32.4 Å². The number of hydrogen-bond donors (Lipinski definition) is 2. The van der Waals surface area contributed by atoms with Crippen molar-refractivity contribution in [2.45, 2.75) is 45.2 Å². The van der Waals surface area contributed by atoms with Gasteiger partial charge in [0.15, 0.2) is 0 Å². The van der Waals surface area contributed by atoms with E-state index < -0.39 is 0 Å². The summed E-state index contributed by atoms with van der Waals surface area (Å²) in [6, 6.07) is 1.73. The number of nitrogen functional groups attached to an aromatic ring is 1. The lowest BCUT2D eigenvalue weighted by atomic mass is 9.95. The Bertz CT molecular complexity index is 448. The Labute approximate surface area is 114 Å². The molecule has 3 N–H and O–H groups in total. The molecule has 2 heterocycles. The van der Waals surface area contributed by atoms with Gasteiger partial charge in [0.05, 0.1) is 17.8 Å². The van der Waals surface area contributed by atoms with Crippen molar-refractivity contribution in [2.75, 3.05) is 18.9 Å². The molecule has 0 radical (unpaired) electrons. The van der Waals surface area contributed by atoms with E-state index in [4.69, 9.17) is 10.5 Å². The first-order valence-electron chi connectivity index (χ1n) is 6.90. The van der Waals surface area contributed by atoms with Crippen LogP contribution in [0.2, 0.25) is 0 Å². The molecule has 5 heteroatoms. The number of anilines is 1. The number of amides is 1. The van der Waals surface area contributed by atoms with Gasteiger partial charge in [-0.05, 0) is 32.3 Å². The van der Waals surface area contributed by atoms with Gasteiger partial charge in [0.25, 0.3) is 5.91 Å². The molecule has 1 fully saturated rings. The first-order chi connectivity index (χ1) is 9.04. The van der Waals surface area contributed by atoms with Crippen molar-refractivity contribution in [3.05, 3.63) is 18.0 Å². The van der Waals surface area contributed by atoms with Crippen LogP contribution in [0.25, 0.3) is 0 Å². The predicted octanol–water partition coefficient (Wildman–Crippen LogP) is 1.78. The highest BCUT2D eigenvalue weighted by Gasteiger charge is 2.30. The van der Waals surface area contributed by atoms with Gasteiger partial charge in [0.1, 0.15) is 5.69 Å². The van der Waals surface area contributed by atoms with E-state index in [9.17, 15) is 4.79 Å². The average molecular weight is 265 g/mol. The van der Waals surface area contributed by atoms with Crippen LogP contribution in [0, 0.1) is 0 Å². The maximum absolute atomic E-state index is 12.4. The Hall–Kier alpha value is -1.49. The van der Waals surface area contributed by atoms with E-state index in [1.807, 2.05) is 17.7 Å². The Morgan fingerprint density at radius 3 is 3.05 bits per heavy atom. The first-order valence-corrected chi connectivity index (χ1v) is 6.90. The van der Waals surface area contributed by atoms with Crippen LogP contribution in [0.3, 0.4) is 0 Å². The zero-order valence-electron chi connectivity index (χ0n) is 11.7. The number of aryl methyl sites for hydroxylation is 1. The van der Waals surface area contributed by atoms with Gasteiger partial charge in [-0.1, -0.05) is 6.92 Å². The zero-order valence-corrected chi connectivity index (χ0v) is 11.7. The number of nitrogens with one attached hydrogen (secondary N) is 1.